The van der Waals surface area contributed by atoms with E-state index in [1.165, 1.54) is 0 Å². The molecule has 3 heteroatoms. The summed E-state index contributed by atoms with van der Waals surface area (Å²) >= 11 is 0. The number of rotatable bonds is 4. The van der Waals surface area contributed by atoms with E-state index in [1.54, 1.807) is 7.11 Å². The van der Waals surface area contributed by atoms with Gasteiger partial charge in [0.05, 0.1) is 13.2 Å². The Morgan fingerprint density at radius 1 is 1.11 bits per heavy atom. The normalized spacial score (nSPS) is 11.4. The SMILES string of the molecule is COc1ccccc1C(C#N)Nc1ccccc1C. The lowest BCUT2D eigenvalue weighted by Gasteiger charge is -2.17. The second-order valence-corrected chi connectivity index (χ2v) is 4.26. The Kier molecular flexibility index (Phi) is 4.04. The van der Waals surface area contributed by atoms with Crippen molar-refractivity contribution in [2.45, 2.75) is 13.0 Å². The largest absolute Gasteiger partial charge is 0.496 e. The third kappa shape index (κ3) is 2.86. The van der Waals surface area contributed by atoms with Crippen molar-refractivity contribution in [3.63, 3.8) is 0 Å². The number of nitriles is 1. The lowest BCUT2D eigenvalue weighted by atomic mass is 10.1. The molecular formula is C16H16N2O. The topological polar surface area (TPSA) is 45.0 Å². The molecule has 2 aromatic rings. The van der Waals surface area contributed by atoms with Crippen LogP contribution in [0.25, 0.3) is 0 Å². The molecule has 1 N–H and O–H groups in total. The number of hydrogen-bond acceptors (Lipinski definition) is 3. The number of aryl methyl sites for hydroxylation is 1. The monoisotopic (exact) mass is 252 g/mol. The van der Waals surface area contributed by atoms with E-state index in [0.717, 1.165) is 22.6 Å². The van der Waals surface area contributed by atoms with Crippen LogP contribution >= 0.6 is 0 Å². The lowest BCUT2D eigenvalue weighted by molar-refractivity contribution is 0.409. The van der Waals surface area contributed by atoms with E-state index in [9.17, 15) is 5.26 Å². The predicted molar refractivity (Wildman–Crippen MR) is 76.1 cm³/mol. The van der Waals surface area contributed by atoms with Gasteiger partial charge in [-0.15, -0.1) is 0 Å². The molecule has 96 valence electrons. The van der Waals surface area contributed by atoms with Crippen molar-refractivity contribution in [2.24, 2.45) is 0 Å². The summed E-state index contributed by atoms with van der Waals surface area (Å²) in [6.45, 7) is 2.01. The molecule has 3 nitrogen and oxygen atoms in total. The molecule has 19 heavy (non-hydrogen) atoms. The first-order valence-electron chi connectivity index (χ1n) is 6.11. The van der Waals surface area contributed by atoms with Crippen molar-refractivity contribution < 1.29 is 4.74 Å². The molecule has 0 heterocycles. The standard InChI is InChI=1S/C16H16N2O/c1-12-7-3-5-9-14(12)18-15(11-17)13-8-4-6-10-16(13)19-2/h3-10,15,18H,1-2H3. The van der Waals surface area contributed by atoms with Crippen molar-refractivity contribution >= 4 is 5.69 Å². The number of methoxy groups -OCH3 is 1. The Labute approximate surface area is 113 Å². The maximum absolute atomic E-state index is 9.38. The van der Waals surface area contributed by atoms with Gasteiger partial charge in [0, 0.05) is 11.3 Å². The quantitative estimate of drug-likeness (QED) is 0.902. The first kappa shape index (κ1) is 13.0. The van der Waals surface area contributed by atoms with E-state index in [4.69, 9.17) is 4.74 Å². The van der Waals surface area contributed by atoms with E-state index < -0.39 is 6.04 Å². The number of para-hydroxylation sites is 2. The van der Waals surface area contributed by atoms with E-state index >= 15 is 0 Å². The van der Waals surface area contributed by atoms with Crippen LogP contribution < -0.4 is 10.1 Å². The van der Waals surface area contributed by atoms with Crippen LogP contribution in [0, 0.1) is 18.3 Å². The predicted octanol–water partition coefficient (Wildman–Crippen LogP) is 3.68. The summed E-state index contributed by atoms with van der Waals surface area (Å²) < 4.78 is 5.30. The number of nitrogens with zero attached hydrogens (tertiary/aromatic N) is 1. The molecule has 2 rings (SSSR count). The Morgan fingerprint density at radius 2 is 1.79 bits per heavy atom. The minimum absolute atomic E-state index is 0.433. The summed E-state index contributed by atoms with van der Waals surface area (Å²) in [5.41, 5.74) is 2.91. The highest BCUT2D eigenvalue weighted by Gasteiger charge is 2.15. The molecule has 0 saturated carbocycles. The van der Waals surface area contributed by atoms with Gasteiger partial charge in [-0.2, -0.15) is 5.26 Å². The van der Waals surface area contributed by atoms with Gasteiger partial charge in [-0.1, -0.05) is 36.4 Å². The molecule has 0 aliphatic heterocycles. The summed E-state index contributed by atoms with van der Waals surface area (Å²) in [4.78, 5) is 0. The highest BCUT2D eigenvalue weighted by Crippen LogP contribution is 2.28. The van der Waals surface area contributed by atoms with Crippen molar-refractivity contribution in [2.75, 3.05) is 12.4 Å². The van der Waals surface area contributed by atoms with Gasteiger partial charge in [-0.05, 0) is 24.6 Å². The summed E-state index contributed by atoms with van der Waals surface area (Å²) in [6.07, 6.45) is 0. The van der Waals surface area contributed by atoms with E-state index in [0.29, 0.717) is 0 Å². The first-order valence-corrected chi connectivity index (χ1v) is 6.11. The molecule has 0 aliphatic carbocycles. The van der Waals surface area contributed by atoms with Crippen LogP contribution in [-0.4, -0.2) is 7.11 Å². The third-order valence-corrected chi connectivity index (χ3v) is 3.02. The van der Waals surface area contributed by atoms with Crippen LogP contribution in [0.3, 0.4) is 0 Å². The fourth-order valence-electron chi connectivity index (χ4n) is 1.97. The molecule has 0 amide bonds. The molecule has 0 aromatic heterocycles. The maximum atomic E-state index is 9.38. The zero-order valence-corrected chi connectivity index (χ0v) is 11.1. The molecule has 0 fully saturated rings. The second-order valence-electron chi connectivity index (χ2n) is 4.26. The highest BCUT2D eigenvalue weighted by molar-refractivity contribution is 5.54. The number of ether oxygens (including phenoxy) is 1. The minimum atomic E-state index is -0.433. The van der Waals surface area contributed by atoms with E-state index in [-0.39, 0.29) is 0 Å². The molecule has 0 spiro atoms. The molecule has 0 bridgehead atoms. The summed E-state index contributed by atoms with van der Waals surface area (Å²) in [7, 11) is 1.61. The first-order chi connectivity index (χ1) is 9.26. The van der Waals surface area contributed by atoms with Crippen LogP contribution in [0.5, 0.6) is 5.75 Å². The van der Waals surface area contributed by atoms with E-state index in [1.807, 2.05) is 55.5 Å². The summed E-state index contributed by atoms with van der Waals surface area (Å²) in [5, 5.41) is 12.6. The van der Waals surface area contributed by atoms with Crippen LogP contribution in [0.2, 0.25) is 0 Å². The third-order valence-electron chi connectivity index (χ3n) is 3.02. The van der Waals surface area contributed by atoms with Crippen LogP contribution in [-0.2, 0) is 0 Å². The van der Waals surface area contributed by atoms with Crippen LogP contribution in [0.1, 0.15) is 17.2 Å². The Balaban J connectivity index is 2.31. The molecule has 1 unspecified atom stereocenters. The average Bonchev–Trinajstić information content (AvgIpc) is 2.46. The lowest BCUT2D eigenvalue weighted by Crippen LogP contribution is -2.10. The zero-order valence-electron chi connectivity index (χ0n) is 11.1. The Morgan fingerprint density at radius 3 is 2.47 bits per heavy atom. The van der Waals surface area contributed by atoms with Gasteiger partial charge >= 0.3 is 0 Å². The van der Waals surface area contributed by atoms with Gasteiger partial charge in [-0.3, -0.25) is 0 Å². The Hall–Kier alpha value is -2.47. The van der Waals surface area contributed by atoms with Gasteiger partial charge in [0.15, 0.2) is 0 Å². The smallest absolute Gasteiger partial charge is 0.143 e. The molecule has 0 aliphatic rings. The molecular weight excluding hydrogens is 236 g/mol. The van der Waals surface area contributed by atoms with Crippen molar-refractivity contribution in [1.82, 2.24) is 0 Å². The van der Waals surface area contributed by atoms with Crippen LogP contribution in [0.15, 0.2) is 48.5 Å². The zero-order chi connectivity index (χ0) is 13.7. The summed E-state index contributed by atoms with van der Waals surface area (Å²) in [6, 6.07) is 17.3. The average molecular weight is 252 g/mol. The Bertz CT molecular complexity index is 602. The van der Waals surface area contributed by atoms with Gasteiger partial charge in [0.1, 0.15) is 11.8 Å². The maximum Gasteiger partial charge on any atom is 0.143 e. The van der Waals surface area contributed by atoms with Crippen molar-refractivity contribution in [3.8, 4) is 11.8 Å². The number of anilines is 1. The number of benzene rings is 2. The number of nitrogens with one attached hydrogen (secondary N) is 1. The van der Waals surface area contributed by atoms with Gasteiger partial charge in [-0.25, -0.2) is 0 Å². The molecule has 1 atom stereocenters. The fourth-order valence-corrected chi connectivity index (χ4v) is 1.97. The fraction of sp³-hybridized carbons (Fsp3) is 0.188. The van der Waals surface area contributed by atoms with E-state index in [2.05, 4.69) is 11.4 Å². The van der Waals surface area contributed by atoms with Crippen molar-refractivity contribution in [3.05, 3.63) is 59.7 Å². The van der Waals surface area contributed by atoms with Crippen LogP contribution in [0.4, 0.5) is 5.69 Å². The summed E-state index contributed by atoms with van der Waals surface area (Å²) in [5.74, 6) is 0.718. The highest BCUT2D eigenvalue weighted by atomic mass is 16.5. The molecule has 0 saturated heterocycles. The van der Waals surface area contributed by atoms with Gasteiger partial charge < -0.3 is 10.1 Å². The van der Waals surface area contributed by atoms with Crippen molar-refractivity contribution in [1.29, 1.82) is 5.26 Å². The number of hydrogen-bond donors (Lipinski definition) is 1. The molecule has 2 aromatic carbocycles. The van der Waals surface area contributed by atoms with Gasteiger partial charge in [0.2, 0.25) is 0 Å². The second kappa shape index (κ2) is 5.92. The molecule has 0 radical (unpaired) electrons. The van der Waals surface area contributed by atoms with Gasteiger partial charge in [0.25, 0.3) is 0 Å². The minimum Gasteiger partial charge on any atom is -0.496 e.